The third-order valence-corrected chi connectivity index (χ3v) is 4.77. The van der Waals surface area contributed by atoms with Gasteiger partial charge in [0.2, 0.25) is 11.8 Å². The van der Waals surface area contributed by atoms with Gasteiger partial charge in [-0.1, -0.05) is 0 Å². The van der Waals surface area contributed by atoms with Crippen molar-refractivity contribution in [2.45, 2.75) is 18.9 Å². The van der Waals surface area contributed by atoms with Crippen molar-refractivity contribution in [1.82, 2.24) is 14.7 Å². The van der Waals surface area contributed by atoms with Crippen molar-refractivity contribution in [3.8, 4) is 5.75 Å². The van der Waals surface area contributed by atoms with E-state index in [0.717, 1.165) is 5.56 Å². The van der Waals surface area contributed by atoms with E-state index in [9.17, 15) is 9.59 Å². The van der Waals surface area contributed by atoms with Crippen LogP contribution in [0.25, 0.3) is 0 Å². The summed E-state index contributed by atoms with van der Waals surface area (Å²) in [5.74, 6) is 0.285. The van der Waals surface area contributed by atoms with Crippen LogP contribution in [0.2, 0.25) is 0 Å². The van der Waals surface area contributed by atoms with Crippen LogP contribution in [0.4, 0.5) is 5.69 Å². The van der Waals surface area contributed by atoms with Gasteiger partial charge in [-0.15, -0.1) is 24.8 Å². The van der Waals surface area contributed by atoms with Crippen molar-refractivity contribution < 1.29 is 14.3 Å². The van der Waals surface area contributed by atoms with Gasteiger partial charge in [0.25, 0.3) is 0 Å². The highest BCUT2D eigenvalue weighted by atomic mass is 35.5. The average Bonchev–Trinajstić information content (AvgIpc) is 3.09. The van der Waals surface area contributed by atoms with Crippen LogP contribution in [0.5, 0.6) is 5.75 Å². The van der Waals surface area contributed by atoms with Gasteiger partial charge in [-0.3, -0.25) is 14.3 Å². The Kier molecular flexibility index (Phi) is 9.42. The first-order valence-corrected chi connectivity index (χ1v) is 8.97. The number of halogens is 2. The number of aryl methyl sites for hydroxylation is 1. The SMILES string of the molecule is CN1C(=O)CCC(C(=O)Nc2ccc(OCCN)cc2)C1c1cnn(C)c1.Cl.Cl. The number of carbonyl (C=O) groups is 2. The summed E-state index contributed by atoms with van der Waals surface area (Å²) in [6.45, 7) is 0.892. The van der Waals surface area contributed by atoms with Gasteiger partial charge < -0.3 is 20.7 Å². The number of amides is 2. The number of carbonyl (C=O) groups excluding carboxylic acids is 2. The smallest absolute Gasteiger partial charge is 0.229 e. The van der Waals surface area contributed by atoms with Gasteiger partial charge in [0.05, 0.1) is 18.2 Å². The minimum absolute atomic E-state index is 0. The summed E-state index contributed by atoms with van der Waals surface area (Å²) in [5.41, 5.74) is 6.97. The molecule has 10 heteroatoms. The molecule has 8 nitrogen and oxygen atoms in total. The lowest BCUT2D eigenvalue weighted by atomic mass is 9.85. The molecule has 1 fully saturated rings. The normalized spacial score (nSPS) is 18.4. The number of anilines is 1. The summed E-state index contributed by atoms with van der Waals surface area (Å²) in [6, 6.07) is 6.84. The summed E-state index contributed by atoms with van der Waals surface area (Å²) in [6.07, 6.45) is 4.43. The average molecular weight is 444 g/mol. The predicted octanol–water partition coefficient (Wildman–Crippen LogP) is 2.15. The van der Waals surface area contributed by atoms with Crippen molar-refractivity contribution in [2.75, 3.05) is 25.5 Å². The molecule has 3 N–H and O–H groups in total. The van der Waals surface area contributed by atoms with Gasteiger partial charge in [0.15, 0.2) is 0 Å². The second-order valence-electron chi connectivity index (χ2n) is 6.69. The minimum atomic E-state index is -0.343. The molecule has 2 atom stereocenters. The zero-order chi connectivity index (χ0) is 19.4. The second kappa shape index (κ2) is 11.0. The van der Waals surface area contributed by atoms with Gasteiger partial charge in [0.1, 0.15) is 12.4 Å². The Morgan fingerprint density at radius 1 is 1.28 bits per heavy atom. The molecule has 0 bridgehead atoms. The number of rotatable bonds is 6. The number of piperidine rings is 1. The van der Waals surface area contributed by atoms with E-state index >= 15 is 0 Å². The molecular weight excluding hydrogens is 417 g/mol. The first-order chi connectivity index (χ1) is 13.0. The fraction of sp³-hybridized carbons (Fsp3) is 0.421. The number of benzene rings is 1. The molecule has 2 amide bonds. The molecule has 2 aromatic rings. The predicted molar refractivity (Wildman–Crippen MR) is 116 cm³/mol. The molecule has 3 rings (SSSR count). The molecule has 1 aliphatic rings. The highest BCUT2D eigenvalue weighted by Gasteiger charge is 2.39. The number of aromatic nitrogens is 2. The van der Waals surface area contributed by atoms with Crippen LogP contribution in [0, 0.1) is 5.92 Å². The van der Waals surface area contributed by atoms with E-state index in [0.29, 0.717) is 37.4 Å². The van der Waals surface area contributed by atoms with Crippen LogP contribution in [0.15, 0.2) is 36.7 Å². The lowest BCUT2D eigenvalue weighted by Gasteiger charge is -2.37. The first kappa shape index (κ1) is 24.7. The molecule has 0 radical (unpaired) electrons. The number of nitrogens with two attached hydrogens (primary N) is 1. The zero-order valence-electron chi connectivity index (χ0n) is 16.4. The van der Waals surface area contributed by atoms with Crippen LogP contribution >= 0.6 is 24.8 Å². The molecule has 0 spiro atoms. The largest absolute Gasteiger partial charge is 0.492 e. The molecule has 1 aliphatic heterocycles. The fourth-order valence-electron chi connectivity index (χ4n) is 3.41. The van der Waals surface area contributed by atoms with Crippen molar-refractivity contribution in [3.63, 3.8) is 0 Å². The lowest BCUT2D eigenvalue weighted by molar-refractivity contribution is -0.140. The van der Waals surface area contributed by atoms with Crippen LogP contribution in [-0.2, 0) is 16.6 Å². The van der Waals surface area contributed by atoms with Crippen LogP contribution < -0.4 is 15.8 Å². The van der Waals surface area contributed by atoms with Crippen molar-refractivity contribution in [2.24, 2.45) is 18.7 Å². The second-order valence-corrected chi connectivity index (χ2v) is 6.69. The molecule has 29 heavy (non-hydrogen) atoms. The highest BCUT2D eigenvalue weighted by Crippen LogP contribution is 2.36. The van der Waals surface area contributed by atoms with Gasteiger partial charge in [-0.25, -0.2) is 0 Å². The number of hydrogen-bond donors (Lipinski definition) is 2. The van der Waals surface area contributed by atoms with E-state index in [1.54, 1.807) is 47.1 Å². The van der Waals surface area contributed by atoms with E-state index < -0.39 is 0 Å². The maximum absolute atomic E-state index is 12.9. The van der Waals surface area contributed by atoms with Crippen molar-refractivity contribution >= 4 is 42.3 Å². The Bertz CT molecular complexity index is 812. The molecular formula is C19H27Cl2N5O3. The Hall–Kier alpha value is -2.29. The third kappa shape index (κ3) is 5.85. The summed E-state index contributed by atoms with van der Waals surface area (Å²) < 4.78 is 7.12. The Labute approximate surface area is 182 Å². The topological polar surface area (TPSA) is 102 Å². The number of nitrogens with one attached hydrogen (secondary N) is 1. The highest BCUT2D eigenvalue weighted by molar-refractivity contribution is 5.94. The maximum atomic E-state index is 12.9. The summed E-state index contributed by atoms with van der Waals surface area (Å²) >= 11 is 0. The molecule has 1 saturated heterocycles. The summed E-state index contributed by atoms with van der Waals surface area (Å²) in [4.78, 5) is 26.8. The zero-order valence-corrected chi connectivity index (χ0v) is 18.0. The monoisotopic (exact) mass is 443 g/mol. The van der Waals surface area contributed by atoms with Gasteiger partial charge in [0, 0.05) is 44.5 Å². The molecule has 1 aromatic heterocycles. The van der Waals surface area contributed by atoms with E-state index in [1.807, 2.05) is 13.2 Å². The van der Waals surface area contributed by atoms with Crippen LogP contribution in [0.3, 0.4) is 0 Å². The molecule has 0 saturated carbocycles. The number of ether oxygens (including phenoxy) is 1. The third-order valence-electron chi connectivity index (χ3n) is 4.77. The molecule has 2 heterocycles. The van der Waals surface area contributed by atoms with Crippen molar-refractivity contribution in [3.05, 3.63) is 42.2 Å². The van der Waals surface area contributed by atoms with Gasteiger partial charge in [-0.05, 0) is 30.7 Å². The van der Waals surface area contributed by atoms with Crippen LogP contribution in [0.1, 0.15) is 24.4 Å². The lowest BCUT2D eigenvalue weighted by Crippen LogP contribution is -2.44. The number of hydrogen-bond acceptors (Lipinski definition) is 5. The van der Waals surface area contributed by atoms with Gasteiger partial charge >= 0.3 is 0 Å². The fourth-order valence-corrected chi connectivity index (χ4v) is 3.41. The van der Waals surface area contributed by atoms with E-state index in [-0.39, 0.29) is 48.6 Å². The Balaban J connectivity index is 0.00000210. The number of likely N-dealkylation sites (tertiary alicyclic amines) is 1. The minimum Gasteiger partial charge on any atom is -0.492 e. The quantitative estimate of drug-likeness (QED) is 0.711. The molecule has 2 unspecified atom stereocenters. The van der Waals surface area contributed by atoms with E-state index in [4.69, 9.17) is 10.5 Å². The first-order valence-electron chi connectivity index (χ1n) is 8.97. The van der Waals surface area contributed by atoms with Crippen molar-refractivity contribution in [1.29, 1.82) is 0 Å². The molecule has 1 aromatic carbocycles. The van der Waals surface area contributed by atoms with E-state index in [2.05, 4.69) is 10.4 Å². The summed E-state index contributed by atoms with van der Waals surface area (Å²) in [7, 11) is 3.56. The Morgan fingerprint density at radius 3 is 2.55 bits per heavy atom. The number of nitrogens with zero attached hydrogens (tertiary/aromatic N) is 3. The molecule has 0 aliphatic carbocycles. The van der Waals surface area contributed by atoms with Crippen LogP contribution in [-0.4, -0.2) is 46.7 Å². The molecule has 160 valence electrons. The van der Waals surface area contributed by atoms with Gasteiger partial charge in [-0.2, -0.15) is 5.10 Å². The Morgan fingerprint density at radius 2 is 1.97 bits per heavy atom. The summed E-state index contributed by atoms with van der Waals surface area (Å²) in [5, 5.41) is 7.14. The standard InChI is InChI=1S/C19H25N5O3.2ClH/c1-23-12-13(11-21-23)18-16(7-8-17(25)24(18)2)19(26)22-14-3-5-15(6-4-14)27-10-9-20;;/h3-6,11-12,16,18H,7-10,20H2,1-2H3,(H,22,26);2*1H. The van der Waals surface area contributed by atoms with E-state index in [1.165, 1.54) is 0 Å². The maximum Gasteiger partial charge on any atom is 0.229 e.